The highest BCUT2D eigenvalue weighted by atomic mass is 32.2. The number of fused-ring (bicyclic) bond motifs is 2. The van der Waals surface area contributed by atoms with E-state index in [0.717, 1.165) is 34.8 Å². The van der Waals surface area contributed by atoms with Crippen molar-refractivity contribution in [1.29, 1.82) is 0 Å². The summed E-state index contributed by atoms with van der Waals surface area (Å²) in [5.74, 6) is -0.777. The molecule has 0 aromatic carbocycles. The average Bonchev–Trinajstić information content (AvgIpc) is 3.31. The number of hydrogen-bond donors (Lipinski definition) is 2. The zero-order valence-corrected chi connectivity index (χ0v) is 17.8. The van der Waals surface area contributed by atoms with Gasteiger partial charge in [-0.3, -0.25) is 8.57 Å². The molecule has 170 valence electrons. The first-order chi connectivity index (χ1) is 15.2. The van der Waals surface area contributed by atoms with Crippen molar-refractivity contribution in [2.45, 2.75) is 12.8 Å². The number of unbranched alkanes of at least 4 members (excludes halogenated alkanes) is 1. The van der Waals surface area contributed by atoms with E-state index in [2.05, 4.69) is 29.9 Å². The number of rotatable bonds is 9. The lowest BCUT2D eigenvalue weighted by atomic mass is 10.4. The Kier molecular flexibility index (Phi) is 5.38. The Labute approximate surface area is 180 Å². The molecule has 0 saturated heterocycles. The van der Waals surface area contributed by atoms with Gasteiger partial charge in [-0.15, -0.1) is 9.46 Å². The third kappa shape index (κ3) is 4.44. The Balaban J connectivity index is 1.33. The van der Waals surface area contributed by atoms with Gasteiger partial charge in [0.1, 0.15) is 25.3 Å². The van der Waals surface area contributed by atoms with Crippen LogP contribution in [0.1, 0.15) is 12.8 Å². The van der Waals surface area contributed by atoms with Gasteiger partial charge in [0, 0.05) is 0 Å². The Morgan fingerprint density at radius 3 is 1.50 bits per heavy atom. The van der Waals surface area contributed by atoms with Crippen molar-refractivity contribution in [1.82, 2.24) is 39.4 Å². The normalized spacial score (nSPS) is 12.4. The van der Waals surface area contributed by atoms with Crippen LogP contribution >= 0.6 is 0 Å². The molecule has 0 radical (unpaired) electrons. The summed E-state index contributed by atoms with van der Waals surface area (Å²) in [7, 11) is -8.14. The highest BCUT2D eigenvalue weighted by Crippen LogP contribution is 2.15. The summed E-state index contributed by atoms with van der Waals surface area (Å²) in [6, 6.07) is 0. The number of hydrogen-bond acceptors (Lipinski definition) is 14. The first kappa shape index (κ1) is 21.4. The lowest BCUT2D eigenvalue weighted by molar-refractivity contribution is 0.285. The van der Waals surface area contributed by atoms with Crippen LogP contribution in [0.3, 0.4) is 0 Å². The van der Waals surface area contributed by atoms with Gasteiger partial charge in [0.25, 0.3) is 0 Å². The molecule has 0 aliphatic carbocycles. The van der Waals surface area contributed by atoms with Gasteiger partial charge >= 0.3 is 20.2 Å². The maximum Gasteiger partial charge on any atom is 0.327 e. The molecule has 4 N–H and O–H groups in total. The van der Waals surface area contributed by atoms with E-state index in [4.69, 9.17) is 20.0 Å². The number of imidazole rings is 2. The smallest absolute Gasteiger partial charge is 0.327 e. The zero-order chi connectivity index (χ0) is 22.9. The van der Waals surface area contributed by atoms with Gasteiger partial charge in [-0.1, -0.05) is 0 Å². The van der Waals surface area contributed by atoms with Gasteiger partial charge in [-0.2, -0.15) is 16.8 Å². The van der Waals surface area contributed by atoms with Crippen LogP contribution in [0.15, 0.2) is 25.3 Å². The van der Waals surface area contributed by atoms with Crippen LogP contribution in [-0.2, 0) is 20.2 Å². The van der Waals surface area contributed by atoms with Crippen LogP contribution in [0.25, 0.3) is 22.3 Å². The lowest BCUT2D eigenvalue weighted by Gasteiger charge is -2.08. The van der Waals surface area contributed by atoms with Crippen LogP contribution in [0.2, 0.25) is 0 Å². The monoisotopic (exact) mass is 484 g/mol. The van der Waals surface area contributed by atoms with E-state index in [1.54, 1.807) is 0 Å². The fraction of sp³-hybridized carbons (Fsp3) is 0.286. The summed E-state index contributed by atoms with van der Waals surface area (Å²) in [6.45, 7) is 0. The second-order valence-corrected chi connectivity index (χ2v) is 9.73. The lowest BCUT2D eigenvalue weighted by Crippen LogP contribution is -2.25. The highest BCUT2D eigenvalue weighted by molar-refractivity contribution is 7.87. The third-order valence-electron chi connectivity index (χ3n) is 4.09. The van der Waals surface area contributed by atoms with Crippen LogP contribution in [0, 0.1) is 0 Å². The maximum absolute atomic E-state index is 12.2. The van der Waals surface area contributed by atoms with Crippen LogP contribution in [0.5, 0.6) is 0 Å². The Morgan fingerprint density at radius 2 is 1.09 bits per heavy atom. The Morgan fingerprint density at radius 1 is 0.688 bits per heavy atom. The summed E-state index contributed by atoms with van der Waals surface area (Å²) in [4.78, 5) is 23.0. The molecule has 0 amide bonds. The van der Waals surface area contributed by atoms with Crippen molar-refractivity contribution in [3.63, 3.8) is 0 Å². The fourth-order valence-corrected chi connectivity index (χ4v) is 4.62. The molecule has 4 aromatic rings. The molecule has 4 aromatic heterocycles. The van der Waals surface area contributed by atoms with Gasteiger partial charge in [-0.25, -0.2) is 29.9 Å². The molecular formula is C14H16N10O6S2. The van der Waals surface area contributed by atoms with Crippen molar-refractivity contribution < 1.29 is 25.4 Å². The van der Waals surface area contributed by atoms with E-state index in [1.165, 1.54) is 0 Å². The second kappa shape index (κ2) is 8.04. The predicted octanol–water partition coefficient (Wildman–Crippen LogP) is -1.87. The van der Waals surface area contributed by atoms with E-state index in [-0.39, 0.29) is 46.8 Å². The average molecular weight is 484 g/mol. The van der Waals surface area contributed by atoms with Crippen molar-refractivity contribution >= 4 is 54.2 Å². The highest BCUT2D eigenvalue weighted by Gasteiger charge is 2.20. The van der Waals surface area contributed by atoms with E-state index in [9.17, 15) is 16.8 Å². The first-order valence-corrected chi connectivity index (χ1v) is 12.0. The minimum atomic E-state index is -4.07. The van der Waals surface area contributed by atoms with E-state index in [1.807, 2.05) is 0 Å². The molecule has 4 rings (SSSR count). The molecular weight excluding hydrogens is 468 g/mol. The largest absolute Gasteiger partial charge is 0.382 e. The predicted molar refractivity (Wildman–Crippen MR) is 109 cm³/mol. The van der Waals surface area contributed by atoms with E-state index >= 15 is 0 Å². The molecule has 0 bridgehead atoms. The quantitative estimate of drug-likeness (QED) is 0.248. The fourth-order valence-electron chi connectivity index (χ4n) is 2.65. The van der Waals surface area contributed by atoms with Gasteiger partial charge in [-0.05, 0) is 12.8 Å². The topological polar surface area (TPSA) is 226 Å². The van der Waals surface area contributed by atoms with Crippen LogP contribution < -0.4 is 20.0 Å². The standard InChI is InChI=1S/C14H16N10O6S2/c15-11-9-13(19-5-17-11)23(7-21-9)29-31(25,26)3-1-2-4-32(27,28)30-24-8-22-10-12(16)18-6-20-14(10)24/h5-8H,1-4H2,(H2,15,17,19)(H2,16,18,20). The van der Waals surface area contributed by atoms with Crippen LogP contribution in [-0.4, -0.2) is 67.7 Å². The number of anilines is 2. The molecule has 0 spiro atoms. The number of nitrogen functional groups attached to an aromatic ring is 2. The molecule has 32 heavy (non-hydrogen) atoms. The summed E-state index contributed by atoms with van der Waals surface area (Å²) in [6.07, 6.45) is 4.43. The minimum absolute atomic E-state index is 0.0194. The molecule has 16 nitrogen and oxygen atoms in total. The molecule has 18 heteroatoms. The summed E-state index contributed by atoms with van der Waals surface area (Å²) < 4.78 is 60.5. The van der Waals surface area contributed by atoms with Gasteiger partial charge in [0.15, 0.2) is 22.7 Å². The number of nitrogens with two attached hydrogens (primary N) is 2. The third-order valence-corrected chi connectivity index (χ3v) is 6.44. The van der Waals surface area contributed by atoms with Gasteiger partial charge in [0.2, 0.25) is 11.3 Å². The molecule has 0 fully saturated rings. The van der Waals surface area contributed by atoms with Crippen molar-refractivity contribution in [2.24, 2.45) is 0 Å². The number of aromatic nitrogens is 8. The van der Waals surface area contributed by atoms with Crippen molar-refractivity contribution in [2.75, 3.05) is 23.0 Å². The van der Waals surface area contributed by atoms with E-state index in [0.29, 0.717) is 0 Å². The molecule has 4 heterocycles. The molecule has 0 aliphatic rings. The first-order valence-electron chi connectivity index (χ1n) is 8.87. The minimum Gasteiger partial charge on any atom is -0.382 e. The summed E-state index contributed by atoms with van der Waals surface area (Å²) in [5.41, 5.74) is 11.8. The SMILES string of the molecule is Nc1ncnc2c1ncn2OS(=O)(=O)CCCCS(=O)(=O)On1cnc2c(N)ncnc21. The Bertz CT molecular complexity index is 1380. The van der Waals surface area contributed by atoms with Gasteiger partial charge < -0.3 is 11.5 Å². The molecule has 0 saturated carbocycles. The summed E-state index contributed by atoms with van der Waals surface area (Å²) >= 11 is 0. The van der Waals surface area contributed by atoms with Crippen molar-refractivity contribution in [3.8, 4) is 0 Å². The van der Waals surface area contributed by atoms with Crippen LogP contribution in [0.4, 0.5) is 11.6 Å². The Hall–Kier alpha value is -3.80. The second-order valence-electron chi connectivity index (χ2n) is 6.38. The maximum atomic E-state index is 12.2. The molecule has 0 atom stereocenters. The molecule has 0 aliphatic heterocycles. The van der Waals surface area contributed by atoms with Crippen molar-refractivity contribution in [3.05, 3.63) is 25.3 Å². The summed E-state index contributed by atoms with van der Waals surface area (Å²) in [5, 5.41) is 0. The van der Waals surface area contributed by atoms with E-state index < -0.39 is 31.7 Å². The van der Waals surface area contributed by atoms with Gasteiger partial charge in [0.05, 0.1) is 11.5 Å². The zero-order valence-electron chi connectivity index (χ0n) is 16.1. The number of nitrogens with zero attached hydrogens (tertiary/aromatic N) is 8. The molecule has 0 unspecified atom stereocenters.